The summed E-state index contributed by atoms with van der Waals surface area (Å²) in [5.41, 5.74) is 4.01. The van der Waals surface area contributed by atoms with Crippen molar-refractivity contribution >= 4 is 35.2 Å². The van der Waals surface area contributed by atoms with Crippen LogP contribution in [0.5, 0.6) is 0 Å². The molecule has 1 N–H and O–H groups in total. The average Bonchev–Trinajstić information content (AvgIpc) is 2.77. The molecule has 1 aliphatic rings. The number of hydrazine groups is 1. The van der Waals surface area contributed by atoms with Gasteiger partial charge in [-0.1, -0.05) is 41.9 Å². The lowest BCUT2D eigenvalue weighted by Gasteiger charge is -2.14. The molecule has 3 rings (SSSR count). The van der Waals surface area contributed by atoms with Crippen LogP contribution in [-0.4, -0.2) is 11.8 Å². The summed E-state index contributed by atoms with van der Waals surface area (Å²) in [5.74, 6) is -0.801. The predicted molar refractivity (Wildman–Crippen MR) is 81.5 cm³/mol. The van der Waals surface area contributed by atoms with E-state index in [0.717, 1.165) is 5.56 Å². The van der Waals surface area contributed by atoms with Crippen molar-refractivity contribution in [1.82, 2.24) is 5.43 Å². The molecule has 21 heavy (non-hydrogen) atoms. The smallest absolute Gasteiger partial charge is 0.267 e. The van der Waals surface area contributed by atoms with Crippen LogP contribution < -0.4 is 10.4 Å². The summed E-state index contributed by atoms with van der Waals surface area (Å²) in [6.45, 7) is 0. The molecule has 1 heterocycles. The van der Waals surface area contributed by atoms with E-state index in [4.69, 9.17) is 11.6 Å². The summed E-state index contributed by atoms with van der Waals surface area (Å²) in [4.78, 5) is 24.3. The maximum atomic E-state index is 12.3. The topological polar surface area (TPSA) is 49.4 Å². The van der Waals surface area contributed by atoms with Crippen molar-refractivity contribution in [2.75, 3.05) is 5.01 Å². The Hall–Kier alpha value is -2.59. The summed E-state index contributed by atoms with van der Waals surface area (Å²) in [6, 6.07) is 15.9. The lowest BCUT2D eigenvalue weighted by atomic mass is 10.1. The third-order valence-electron chi connectivity index (χ3n) is 3.09. The van der Waals surface area contributed by atoms with Crippen molar-refractivity contribution < 1.29 is 9.59 Å². The zero-order valence-corrected chi connectivity index (χ0v) is 11.7. The lowest BCUT2D eigenvalue weighted by molar-refractivity contribution is -0.117. The molecule has 1 aliphatic heterocycles. The van der Waals surface area contributed by atoms with Gasteiger partial charge in [-0.15, -0.1) is 0 Å². The normalized spacial score (nSPS) is 16.4. The number of hydrogen-bond donors (Lipinski definition) is 1. The summed E-state index contributed by atoms with van der Waals surface area (Å²) in [6.07, 6.45) is 1.58. The first-order valence-electron chi connectivity index (χ1n) is 6.33. The minimum absolute atomic E-state index is 0.108. The van der Waals surface area contributed by atoms with Gasteiger partial charge in [-0.2, -0.15) is 0 Å². The molecule has 5 heteroatoms. The Morgan fingerprint density at radius 3 is 2.29 bits per heavy atom. The maximum absolute atomic E-state index is 12.3. The van der Waals surface area contributed by atoms with Crippen LogP contribution in [0.15, 0.2) is 60.2 Å². The second-order valence-electron chi connectivity index (χ2n) is 4.53. The molecule has 0 atom stereocenters. The van der Waals surface area contributed by atoms with Gasteiger partial charge in [0.05, 0.1) is 5.69 Å². The number of nitrogens with zero attached hydrogens (tertiary/aromatic N) is 1. The van der Waals surface area contributed by atoms with E-state index >= 15 is 0 Å². The summed E-state index contributed by atoms with van der Waals surface area (Å²) in [5, 5.41) is 1.78. The molecule has 0 aromatic heterocycles. The molecule has 0 radical (unpaired) electrons. The predicted octanol–water partition coefficient (Wildman–Crippen LogP) is 2.80. The summed E-state index contributed by atoms with van der Waals surface area (Å²) >= 11 is 5.82. The molecule has 0 spiro atoms. The van der Waals surface area contributed by atoms with Gasteiger partial charge >= 0.3 is 0 Å². The fraction of sp³-hybridized carbons (Fsp3) is 0. The molecule has 1 fully saturated rings. The Morgan fingerprint density at radius 2 is 1.62 bits per heavy atom. The summed E-state index contributed by atoms with van der Waals surface area (Å²) < 4.78 is 0. The first-order chi connectivity index (χ1) is 10.1. The number of amides is 2. The van der Waals surface area contributed by atoms with Crippen molar-refractivity contribution in [3.05, 3.63) is 70.8 Å². The molecular weight excluding hydrogens is 288 g/mol. The standard InChI is InChI=1S/C16H11ClN2O2/c17-12-6-8-13(9-7-12)19-16(21)14(15(20)18-19)10-11-4-2-1-3-5-11/h1-10H,(H,18,20)/b14-10+. The van der Waals surface area contributed by atoms with Crippen LogP contribution in [0.25, 0.3) is 6.08 Å². The first-order valence-corrected chi connectivity index (χ1v) is 6.71. The van der Waals surface area contributed by atoms with Crippen LogP contribution in [-0.2, 0) is 9.59 Å². The third kappa shape index (κ3) is 2.66. The van der Waals surface area contributed by atoms with E-state index in [1.54, 1.807) is 30.3 Å². The van der Waals surface area contributed by atoms with Crippen LogP contribution in [0.2, 0.25) is 5.02 Å². The van der Waals surface area contributed by atoms with Gasteiger partial charge in [0.15, 0.2) is 0 Å². The van der Waals surface area contributed by atoms with Crippen LogP contribution in [0.1, 0.15) is 5.56 Å². The fourth-order valence-corrected chi connectivity index (χ4v) is 2.17. The quantitative estimate of drug-likeness (QED) is 0.684. The van der Waals surface area contributed by atoms with E-state index in [-0.39, 0.29) is 11.5 Å². The average molecular weight is 299 g/mol. The van der Waals surface area contributed by atoms with Gasteiger partial charge in [0, 0.05) is 5.02 Å². The number of anilines is 1. The number of rotatable bonds is 2. The second kappa shape index (κ2) is 5.42. The molecule has 2 aromatic rings. The number of halogens is 1. The molecule has 1 saturated heterocycles. The number of benzene rings is 2. The van der Waals surface area contributed by atoms with Crippen LogP contribution >= 0.6 is 11.6 Å². The van der Waals surface area contributed by atoms with Crippen molar-refractivity contribution in [2.24, 2.45) is 0 Å². The van der Waals surface area contributed by atoms with Crippen molar-refractivity contribution in [2.45, 2.75) is 0 Å². The highest BCUT2D eigenvalue weighted by Crippen LogP contribution is 2.22. The van der Waals surface area contributed by atoms with Crippen molar-refractivity contribution in [3.8, 4) is 0 Å². The van der Waals surface area contributed by atoms with Gasteiger partial charge in [-0.25, -0.2) is 5.01 Å². The molecule has 2 aromatic carbocycles. The highest BCUT2D eigenvalue weighted by atomic mass is 35.5. The van der Waals surface area contributed by atoms with Gasteiger partial charge in [0.2, 0.25) is 0 Å². The first kappa shape index (κ1) is 13.4. The van der Waals surface area contributed by atoms with Crippen LogP contribution in [0, 0.1) is 0 Å². The molecule has 0 aliphatic carbocycles. The van der Waals surface area contributed by atoms with Crippen LogP contribution in [0.3, 0.4) is 0 Å². The largest absolute Gasteiger partial charge is 0.282 e. The SMILES string of the molecule is O=C1NN(c2ccc(Cl)cc2)C(=O)/C1=C/c1ccccc1. The molecule has 0 unspecified atom stereocenters. The van der Waals surface area contributed by atoms with E-state index in [0.29, 0.717) is 10.7 Å². The number of hydrogen-bond acceptors (Lipinski definition) is 2. The molecular formula is C16H11ClN2O2. The highest BCUT2D eigenvalue weighted by Gasteiger charge is 2.34. The monoisotopic (exact) mass is 298 g/mol. The maximum Gasteiger partial charge on any atom is 0.282 e. The van der Waals surface area contributed by atoms with Gasteiger partial charge in [0.1, 0.15) is 5.57 Å². The Morgan fingerprint density at radius 1 is 0.952 bits per heavy atom. The Kier molecular flexibility index (Phi) is 3.46. The molecule has 4 nitrogen and oxygen atoms in total. The van der Waals surface area contributed by atoms with Crippen molar-refractivity contribution in [3.63, 3.8) is 0 Å². The minimum atomic E-state index is -0.418. The molecule has 0 bridgehead atoms. The number of carbonyl (C=O) groups excluding carboxylic acids is 2. The molecule has 0 saturated carbocycles. The zero-order valence-electron chi connectivity index (χ0n) is 10.9. The molecule has 104 valence electrons. The Labute approximate surface area is 126 Å². The van der Waals surface area contributed by atoms with Crippen LogP contribution in [0.4, 0.5) is 5.69 Å². The van der Waals surface area contributed by atoms with Crippen molar-refractivity contribution in [1.29, 1.82) is 0 Å². The third-order valence-corrected chi connectivity index (χ3v) is 3.34. The van der Waals surface area contributed by atoms with E-state index in [9.17, 15) is 9.59 Å². The van der Waals surface area contributed by atoms with E-state index in [1.807, 2.05) is 30.3 Å². The highest BCUT2D eigenvalue weighted by molar-refractivity contribution is 6.32. The van der Waals surface area contributed by atoms with Gasteiger partial charge in [-0.3, -0.25) is 15.0 Å². The fourth-order valence-electron chi connectivity index (χ4n) is 2.05. The Bertz CT molecular complexity index is 724. The van der Waals surface area contributed by atoms with Gasteiger partial charge in [-0.05, 0) is 35.9 Å². The lowest BCUT2D eigenvalue weighted by Crippen LogP contribution is -2.35. The van der Waals surface area contributed by atoms with E-state index < -0.39 is 5.91 Å². The minimum Gasteiger partial charge on any atom is -0.267 e. The number of nitrogens with one attached hydrogen (secondary N) is 1. The zero-order chi connectivity index (χ0) is 14.8. The Balaban J connectivity index is 1.92. The summed E-state index contributed by atoms with van der Waals surface area (Å²) in [7, 11) is 0. The number of carbonyl (C=O) groups is 2. The van der Waals surface area contributed by atoms with Gasteiger partial charge < -0.3 is 0 Å². The van der Waals surface area contributed by atoms with E-state index in [1.165, 1.54) is 5.01 Å². The molecule has 2 amide bonds. The van der Waals surface area contributed by atoms with Gasteiger partial charge in [0.25, 0.3) is 11.8 Å². The van der Waals surface area contributed by atoms with E-state index in [2.05, 4.69) is 5.43 Å². The second-order valence-corrected chi connectivity index (χ2v) is 4.96.